The standard InChI is InChI=1S/C21H20ClFN8/c1-30-7-9-31(10-8-30)17-11-16(25-12-26-17)28-21-19-15(5-6-24-21)27-20(29-19)18-13(22)3-2-4-14(18)23/h2-6,11-12H,7-10H2,1H3,(H,27,29)(H,24,25,26,28). The first kappa shape index (κ1) is 19.7. The highest BCUT2D eigenvalue weighted by molar-refractivity contribution is 6.33. The minimum Gasteiger partial charge on any atom is -0.354 e. The van der Waals surface area contributed by atoms with Crippen LogP contribution in [0, 0.1) is 5.82 Å². The van der Waals surface area contributed by atoms with Crippen LogP contribution < -0.4 is 10.2 Å². The van der Waals surface area contributed by atoms with Crippen molar-refractivity contribution < 1.29 is 4.39 Å². The summed E-state index contributed by atoms with van der Waals surface area (Å²) >= 11 is 6.21. The van der Waals surface area contributed by atoms with E-state index in [1.54, 1.807) is 24.4 Å². The fourth-order valence-corrected chi connectivity index (χ4v) is 3.87. The number of nitrogens with zero attached hydrogens (tertiary/aromatic N) is 6. The van der Waals surface area contributed by atoms with Crippen LogP contribution in [0.3, 0.4) is 0 Å². The SMILES string of the molecule is CN1CCN(c2cc(Nc3nccc4nc(-c5c(F)cccc5Cl)[nH]c34)ncn2)CC1. The van der Waals surface area contributed by atoms with Gasteiger partial charge in [0.05, 0.1) is 16.1 Å². The zero-order valence-corrected chi connectivity index (χ0v) is 17.6. The molecule has 1 aromatic carbocycles. The highest BCUT2D eigenvalue weighted by atomic mass is 35.5. The van der Waals surface area contributed by atoms with Gasteiger partial charge in [-0.1, -0.05) is 17.7 Å². The average molecular weight is 439 g/mol. The molecular formula is C21H20ClFN8. The van der Waals surface area contributed by atoms with Crippen molar-refractivity contribution in [2.24, 2.45) is 0 Å². The first-order chi connectivity index (χ1) is 15.1. The molecule has 8 nitrogen and oxygen atoms in total. The number of aromatic amines is 1. The average Bonchev–Trinajstić information content (AvgIpc) is 3.19. The van der Waals surface area contributed by atoms with E-state index < -0.39 is 5.82 Å². The van der Waals surface area contributed by atoms with E-state index in [2.05, 4.69) is 47.1 Å². The van der Waals surface area contributed by atoms with Crippen molar-refractivity contribution in [2.75, 3.05) is 43.4 Å². The maximum Gasteiger partial charge on any atom is 0.157 e. The van der Waals surface area contributed by atoms with Gasteiger partial charge in [-0.15, -0.1) is 0 Å². The molecule has 2 N–H and O–H groups in total. The molecule has 1 aliphatic rings. The maximum absolute atomic E-state index is 14.4. The summed E-state index contributed by atoms with van der Waals surface area (Å²) in [5, 5.41) is 3.52. The van der Waals surface area contributed by atoms with Crippen molar-refractivity contribution in [1.29, 1.82) is 0 Å². The molecule has 158 valence electrons. The first-order valence-electron chi connectivity index (χ1n) is 9.90. The number of rotatable bonds is 4. The Morgan fingerprint density at radius 3 is 2.74 bits per heavy atom. The number of imidazole rings is 1. The Labute approximate surface area is 183 Å². The Morgan fingerprint density at radius 1 is 1.10 bits per heavy atom. The summed E-state index contributed by atoms with van der Waals surface area (Å²) in [5.74, 6) is 1.91. The van der Waals surface area contributed by atoms with Gasteiger partial charge < -0.3 is 20.1 Å². The number of likely N-dealkylation sites (N-methyl/N-ethyl adjacent to an activating group) is 1. The Balaban J connectivity index is 1.46. The molecule has 10 heteroatoms. The number of H-pyrrole nitrogens is 1. The molecule has 1 saturated heterocycles. The second-order valence-corrected chi connectivity index (χ2v) is 7.82. The van der Waals surface area contributed by atoms with Gasteiger partial charge in [0.15, 0.2) is 5.82 Å². The lowest BCUT2D eigenvalue weighted by Crippen LogP contribution is -2.44. The van der Waals surface area contributed by atoms with Crippen molar-refractivity contribution in [3.63, 3.8) is 0 Å². The van der Waals surface area contributed by atoms with Gasteiger partial charge in [0.1, 0.15) is 35.1 Å². The summed E-state index contributed by atoms with van der Waals surface area (Å²) in [5.41, 5.74) is 1.50. The lowest BCUT2D eigenvalue weighted by Gasteiger charge is -2.33. The molecule has 4 heterocycles. The predicted molar refractivity (Wildman–Crippen MR) is 119 cm³/mol. The number of anilines is 3. The van der Waals surface area contributed by atoms with Gasteiger partial charge >= 0.3 is 0 Å². The number of benzene rings is 1. The number of aromatic nitrogens is 5. The molecule has 0 amide bonds. The van der Waals surface area contributed by atoms with Crippen molar-refractivity contribution in [3.8, 4) is 11.4 Å². The molecule has 5 rings (SSSR count). The van der Waals surface area contributed by atoms with Crippen LogP contribution in [-0.2, 0) is 0 Å². The van der Waals surface area contributed by atoms with Crippen LogP contribution >= 0.6 is 11.6 Å². The van der Waals surface area contributed by atoms with Gasteiger partial charge in [-0.2, -0.15) is 0 Å². The molecule has 1 fully saturated rings. The zero-order chi connectivity index (χ0) is 21.4. The van der Waals surface area contributed by atoms with Gasteiger partial charge in [-0.05, 0) is 25.2 Å². The third-order valence-corrected chi connectivity index (χ3v) is 5.65. The lowest BCUT2D eigenvalue weighted by atomic mass is 10.2. The van der Waals surface area contributed by atoms with Crippen molar-refractivity contribution in [2.45, 2.75) is 0 Å². The van der Waals surface area contributed by atoms with E-state index in [0.29, 0.717) is 28.5 Å². The second-order valence-electron chi connectivity index (χ2n) is 7.41. The quantitative estimate of drug-likeness (QED) is 0.502. The van der Waals surface area contributed by atoms with Crippen molar-refractivity contribution in [1.82, 2.24) is 29.8 Å². The number of fused-ring (bicyclic) bond motifs is 1. The number of pyridine rings is 1. The fraction of sp³-hybridized carbons (Fsp3) is 0.238. The van der Waals surface area contributed by atoms with E-state index in [1.807, 2.05) is 6.07 Å². The van der Waals surface area contributed by atoms with Gasteiger partial charge in [-0.25, -0.2) is 24.3 Å². The van der Waals surface area contributed by atoms with Crippen LogP contribution in [0.4, 0.5) is 21.8 Å². The van der Waals surface area contributed by atoms with Gasteiger partial charge in [0, 0.05) is 38.4 Å². The molecule has 0 spiro atoms. The topological polar surface area (TPSA) is 85.9 Å². The maximum atomic E-state index is 14.4. The monoisotopic (exact) mass is 438 g/mol. The summed E-state index contributed by atoms with van der Waals surface area (Å²) in [6.45, 7) is 3.80. The molecule has 0 unspecified atom stereocenters. The largest absolute Gasteiger partial charge is 0.354 e. The Bertz CT molecular complexity index is 1220. The molecule has 4 aromatic rings. The minimum absolute atomic E-state index is 0.228. The fourth-order valence-electron chi connectivity index (χ4n) is 3.62. The molecule has 3 aromatic heterocycles. The molecule has 0 atom stereocenters. The number of halogens is 2. The van der Waals surface area contributed by atoms with E-state index in [0.717, 1.165) is 32.0 Å². The first-order valence-corrected chi connectivity index (χ1v) is 10.3. The number of hydrogen-bond donors (Lipinski definition) is 2. The Kier molecular flexibility index (Phi) is 5.13. The zero-order valence-electron chi connectivity index (χ0n) is 16.8. The van der Waals surface area contributed by atoms with E-state index in [-0.39, 0.29) is 10.6 Å². The van der Waals surface area contributed by atoms with Crippen LogP contribution in [0.15, 0.2) is 42.9 Å². The minimum atomic E-state index is -0.443. The predicted octanol–water partition coefficient (Wildman–Crippen LogP) is 3.70. The third kappa shape index (κ3) is 3.89. The van der Waals surface area contributed by atoms with Crippen LogP contribution in [0.2, 0.25) is 5.02 Å². The molecule has 1 aliphatic heterocycles. The highest BCUT2D eigenvalue weighted by Crippen LogP contribution is 2.32. The second kappa shape index (κ2) is 8.09. The van der Waals surface area contributed by atoms with Crippen LogP contribution in [-0.4, -0.2) is 63.0 Å². The summed E-state index contributed by atoms with van der Waals surface area (Å²) in [6.07, 6.45) is 3.18. The molecule has 0 radical (unpaired) electrons. The van der Waals surface area contributed by atoms with Crippen LogP contribution in [0.25, 0.3) is 22.4 Å². The van der Waals surface area contributed by atoms with E-state index >= 15 is 0 Å². The molecule has 0 bridgehead atoms. The summed E-state index contributed by atoms with van der Waals surface area (Å²) in [4.78, 5) is 25.3. The van der Waals surface area contributed by atoms with Gasteiger partial charge in [-0.3, -0.25) is 0 Å². The van der Waals surface area contributed by atoms with Crippen LogP contribution in [0.5, 0.6) is 0 Å². The smallest absolute Gasteiger partial charge is 0.157 e. The van der Waals surface area contributed by atoms with E-state index in [4.69, 9.17) is 11.6 Å². The van der Waals surface area contributed by atoms with Gasteiger partial charge in [0.2, 0.25) is 0 Å². The molecular weight excluding hydrogens is 419 g/mol. The van der Waals surface area contributed by atoms with Crippen molar-refractivity contribution >= 4 is 40.1 Å². The summed E-state index contributed by atoms with van der Waals surface area (Å²) < 4.78 is 14.4. The molecule has 0 saturated carbocycles. The molecule has 31 heavy (non-hydrogen) atoms. The summed E-state index contributed by atoms with van der Waals surface area (Å²) in [7, 11) is 2.11. The Hall–Kier alpha value is -3.30. The van der Waals surface area contributed by atoms with E-state index in [9.17, 15) is 4.39 Å². The molecule has 0 aliphatic carbocycles. The Morgan fingerprint density at radius 2 is 1.94 bits per heavy atom. The summed E-state index contributed by atoms with van der Waals surface area (Å²) in [6, 6.07) is 8.20. The lowest BCUT2D eigenvalue weighted by molar-refractivity contribution is 0.312. The van der Waals surface area contributed by atoms with Crippen LogP contribution in [0.1, 0.15) is 0 Å². The van der Waals surface area contributed by atoms with E-state index in [1.165, 1.54) is 12.4 Å². The number of nitrogens with one attached hydrogen (secondary N) is 2. The van der Waals surface area contributed by atoms with Gasteiger partial charge in [0.25, 0.3) is 0 Å². The normalized spacial score (nSPS) is 14.9. The third-order valence-electron chi connectivity index (χ3n) is 5.33. The highest BCUT2D eigenvalue weighted by Gasteiger charge is 2.18. The van der Waals surface area contributed by atoms with Crippen molar-refractivity contribution in [3.05, 3.63) is 53.7 Å². The number of hydrogen-bond acceptors (Lipinski definition) is 7. The number of piperazine rings is 1.